The SMILES string of the molecule is CC1(n2c(SCC(=O)O)nnc2-c2cccs2)CCC1. The van der Waals surface area contributed by atoms with Crippen molar-refractivity contribution in [3.63, 3.8) is 0 Å². The van der Waals surface area contributed by atoms with Gasteiger partial charge in [-0.1, -0.05) is 17.8 Å². The summed E-state index contributed by atoms with van der Waals surface area (Å²) < 4.78 is 2.13. The third-order valence-corrected chi connectivity index (χ3v) is 5.45. The fraction of sp³-hybridized carbons (Fsp3) is 0.462. The minimum Gasteiger partial charge on any atom is -0.481 e. The molecule has 0 aliphatic heterocycles. The van der Waals surface area contributed by atoms with Crippen molar-refractivity contribution in [2.45, 2.75) is 36.9 Å². The number of nitrogens with zero attached hydrogens (tertiary/aromatic N) is 3. The first-order chi connectivity index (χ1) is 9.60. The second-order valence-corrected chi connectivity index (χ2v) is 7.04. The van der Waals surface area contributed by atoms with Gasteiger partial charge >= 0.3 is 5.97 Å². The van der Waals surface area contributed by atoms with E-state index in [9.17, 15) is 4.79 Å². The second kappa shape index (κ2) is 5.21. The van der Waals surface area contributed by atoms with Crippen LogP contribution in [-0.4, -0.2) is 31.6 Å². The zero-order valence-electron chi connectivity index (χ0n) is 11.1. The van der Waals surface area contributed by atoms with Crippen LogP contribution in [0.2, 0.25) is 0 Å². The fourth-order valence-corrected chi connectivity index (χ4v) is 3.94. The van der Waals surface area contributed by atoms with E-state index in [1.165, 1.54) is 18.2 Å². The van der Waals surface area contributed by atoms with Crippen LogP contribution in [0.1, 0.15) is 26.2 Å². The van der Waals surface area contributed by atoms with E-state index in [1.807, 2.05) is 17.5 Å². The maximum absolute atomic E-state index is 10.8. The Labute approximate surface area is 125 Å². The smallest absolute Gasteiger partial charge is 0.313 e. The summed E-state index contributed by atoms with van der Waals surface area (Å²) in [4.78, 5) is 11.9. The first kappa shape index (κ1) is 13.6. The highest BCUT2D eigenvalue weighted by Gasteiger charge is 2.38. The van der Waals surface area contributed by atoms with Crippen molar-refractivity contribution in [2.75, 3.05) is 5.75 Å². The number of carboxylic acids is 1. The standard InChI is InChI=1S/C13H15N3O2S2/c1-13(5-3-6-13)16-11(9-4-2-7-19-9)14-15-12(16)20-8-10(17)18/h2,4,7H,3,5-6,8H2,1H3,(H,17,18). The molecular formula is C13H15N3O2S2. The summed E-state index contributed by atoms with van der Waals surface area (Å²) in [6.07, 6.45) is 3.37. The van der Waals surface area contributed by atoms with Crippen LogP contribution in [-0.2, 0) is 10.3 Å². The molecule has 0 unspecified atom stereocenters. The first-order valence-corrected chi connectivity index (χ1v) is 8.31. The highest BCUT2D eigenvalue weighted by atomic mass is 32.2. The Morgan fingerprint density at radius 3 is 2.90 bits per heavy atom. The lowest BCUT2D eigenvalue weighted by Gasteiger charge is -2.41. The van der Waals surface area contributed by atoms with E-state index in [1.54, 1.807) is 11.3 Å². The van der Waals surface area contributed by atoms with Gasteiger partial charge in [0.25, 0.3) is 0 Å². The van der Waals surface area contributed by atoms with E-state index in [0.29, 0.717) is 5.16 Å². The molecule has 20 heavy (non-hydrogen) atoms. The molecule has 2 heterocycles. The molecule has 0 atom stereocenters. The Balaban J connectivity index is 2.00. The lowest BCUT2D eigenvalue weighted by molar-refractivity contribution is -0.133. The van der Waals surface area contributed by atoms with E-state index < -0.39 is 5.97 Å². The molecule has 3 rings (SSSR count). The van der Waals surface area contributed by atoms with Gasteiger partial charge in [-0.25, -0.2) is 0 Å². The molecule has 1 aliphatic rings. The number of aliphatic carboxylic acids is 1. The average Bonchev–Trinajstić information content (AvgIpc) is 3.02. The summed E-state index contributed by atoms with van der Waals surface area (Å²) in [5, 5.41) is 20.1. The van der Waals surface area contributed by atoms with Crippen molar-refractivity contribution in [1.29, 1.82) is 0 Å². The van der Waals surface area contributed by atoms with Gasteiger partial charge < -0.3 is 5.11 Å². The normalized spacial score (nSPS) is 16.9. The minimum absolute atomic E-state index is 0.0126. The number of hydrogen-bond acceptors (Lipinski definition) is 5. The van der Waals surface area contributed by atoms with E-state index in [-0.39, 0.29) is 11.3 Å². The summed E-state index contributed by atoms with van der Waals surface area (Å²) in [5.41, 5.74) is 0.0175. The Hall–Kier alpha value is -1.34. The van der Waals surface area contributed by atoms with Crippen molar-refractivity contribution in [2.24, 2.45) is 0 Å². The number of thiophene rings is 1. The minimum atomic E-state index is -0.832. The van der Waals surface area contributed by atoms with Crippen LogP contribution in [0.5, 0.6) is 0 Å². The lowest BCUT2D eigenvalue weighted by atomic mass is 9.78. The van der Waals surface area contributed by atoms with Crippen LogP contribution in [0.15, 0.2) is 22.7 Å². The highest BCUT2D eigenvalue weighted by Crippen LogP contribution is 2.44. The number of hydrogen-bond donors (Lipinski definition) is 1. The Kier molecular flexibility index (Phi) is 3.55. The molecule has 7 heteroatoms. The summed E-state index contributed by atoms with van der Waals surface area (Å²) in [5.74, 6) is 0.0367. The summed E-state index contributed by atoms with van der Waals surface area (Å²) in [6.45, 7) is 2.20. The van der Waals surface area contributed by atoms with Crippen LogP contribution in [0.4, 0.5) is 0 Å². The van der Waals surface area contributed by atoms with Crippen LogP contribution < -0.4 is 0 Å². The molecule has 0 amide bonds. The van der Waals surface area contributed by atoms with Gasteiger partial charge in [0.1, 0.15) is 0 Å². The average molecular weight is 309 g/mol. The number of carboxylic acid groups (broad SMARTS) is 1. The van der Waals surface area contributed by atoms with Crippen LogP contribution in [0.25, 0.3) is 10.7 Å². The molecular weight excluding hydrogens is 294 g/mol. The predicted octanol–water partition coefficient (Wildman–Crippen LogP) is 3.08. The maximum Gasteiger partial charge on any atom is 0.313 e. The first-order valence-electron chi connectivity index (χ1n) is 6.44. The Morgan fingerprint density at radius 2 is 2.35 bits per heavy atom. The summed E-state index contributed by atoms with van der Waals surface area (Å²) in [7, 11) is 0. The molecule has 1 saturated carbocycles. The summed E-state index contributed by atoms with van der Waals surface area (Å²) in [6, 6.07) is 4.02. The number of aromatic nitrogens is 3. The molecule has 0 radical (unpaired) electrons. The molecule has 5 nitrogen and oxygen atoms in total. The number of carbonyl (C=O) groups is 1. The van der Waals surface area contributed by atoms with Gasteiger partial charge in [-0.3, -0.25) is 9.36 Å². The monoisotopic (exact) mass is 309 g/mol. The van der Waals surface area contributed by atoms with E-state index >= 15 is 0 Å². The van der Waals surface area contributed by atoms with Gasteiger partial charge in [0.2, 0.25) is 0 Å². The summed E-state index contributed by atoms with van der Waals surface area (Å²) >= 11 is 2.87. The van der Waals surface area contributed by atoms with Gasteiger partial charge in [-0.05, 0) is 37.6 Å². The maximum atomic E-state index is 10.8. The number of thioether (sulfide) groups is 1. The van der Waals surface area contributed by atoms with Crippen molar-refractivity contribution < 1.29 is 9.90 Å². The van der Waals surface area contributed by atoms with Gasteiger partial charge in [0, 0.05) is 5.54 Å². The van der Waals surface area contributed by atoms with Gasteiger partial charge in [0.15, 0.2) is 11.0 Å². The van der Waals surface area contributed by atoms with E-state index in [4.69, 9.17) is 5.11 Å². The Morgan fingerprint density at radius 1 is 1.55 bits per heavy atom. The molecule has 0 aromatic carbocycles. The molecule has 106 valence electrons. The molecule has 2 aromatic heterocycles. The fourth-order valence-electron chi connectivity index (χ4n) is 2.45. The van der Waals surface area contributed by atoms with Crippen molar-refractivity contribution >= 4 is 29.1 Å². The molecule has 2 aromatic rings. The van der Waals surface area contributed by atoms with Crippen molar-refractivity contribution in [1.82, 2.24) is 14.8 Å². The quantitative estimate of drug-likeness (QED) is 0.860. The van der Waals surface area contributed by atoms with Crippen molar-refractivity contribution in [3.8, 4) is 10.7 Å². The molecule has 1 fully saturated rings. The molecule has 0 saturated heterocycles. The van der Waals surface area contributed by atoms with E-state index in [0.717, 1.165) is 23.5 Å². The zero-order chi connectivity index (χ0) is 14.2. The number of rotatable bonds is 5. The third-order valence-electron chi connectivity index (χ3n) is 3.67. The second-order valence-electron chi connectivity index (χ2n) is 5.15. The Bertz CT molecular complexity index is 618. The third kappa shape index (κ3) is 2.35. The van der Waals surface area contributed by atoms with Crippen LogP contribution in [0, 0.1) is 0 Å². The van der Waals surface area contributed by atoms with Crippen LogP contribution in [0.3, 0.4) is 0 Å². The van der Waals surface area contributed by atoms with Gasteiger partial charge in [0.05, 0.1) is 10.6 Å². The molecule has 0 bridgehead atoms. The highest BCUT2D eigenvalue weighted by molar-refractivity contribution is 7.99. The molecule has 0 spiro atoms. The zero-order valence-corrected chi connectivity index (χ0v) is 12.7. The topological polar surface area (TPSA) is 68.0 Å². The van der Waals surface area contributed by atoms with E-state index in [2.05, 4.69) is 21.7 Å². The molecule has 1 aliphatic carbocycles. The van der Waals surface area contributed by atoms with Crippen molar-refractivity contribution in [3.05, 3.63) is 17.5 Å². The van der Waals surface area contributed by atoms with Crippen LogP contribution >= 0.6 is 23.1 Å². The predicted molar refractivity (Wildman–Crippen MR) is 79.2 cm³/mol. The molecule has 1 N–H and O–H groups in total. The largest absolute Gasteiger partial charge is 0.481 e. The lowest BCUT2D eigenvalue weighted by Crippen LogP contribution is -2.38. The van der Waals surface area contributed by atoms with Gasteiger partial charge in [-0.15, -0.1) is 21.5 Å². The van der Waals surface area contributed by atoms with Gasteiger partial charge in [-0.2, -0.15) is 0 Å².